The van der Waals surface area contributed by atoms with Gasteiger partial charge < -0.3 is 24.4 Å². The molecule has 1 aliphatic heterocycles. The number of Topliss-reactive ketones (excluding diaryl/α,β-unsaturated/α-hetero) is 1. The van der Waals surface area contributed by atoms with Crippen LogP contribution in [0, 0.1) is 0 Å². The Balaban J connectivity index is 2.18. The summed E-state index contributed by atoms with van der Waals surface area (Å²) in [7, 11) is 6.95. The molecule has 0 unspecified atom stereocenters. The monoisotopic (exact) mass is 425 g/mol. The first-order chi connectivity index (χ1) is 14.9. The van der Waals surface area contributed by atoms with E-state index in [2.05, 4.69) is 4.98 Å². The number of likely N-dealkylation sites (tertiary alicyclic amines) is 1. The summed E-state index contributed by atoms with van der Waals surface area (Å²) in [6.45, 7) is 1.09. The third-order valence-electron chi connectivity index (χ3n) is 5.23. The van der Waals surface area contributed by atoms with E-state index in [4.69, 9.17) is 9.47 Å². The van der Waals surface area contributed by atoms with Gasteiger partial charge in [-0.25, -0.2) is 0 Å². The second-order valence-corrected chi connectivity index (χ2v) is 7.49. The number of aliphatic hydroxyl groups is 1. The molecule has 164 valence electrons. The number of benzene rings is 1. The molecule has 1 aromatic heterocycles. The highest BCUT2D eigenvalue weighted by atomic mass is 16.5. The van der Waals surface area contributed by atoms with Crippen LogP contribution in [-0.4, -0.2) is 73.0 Å². The van der Waals surface area contributed by atoms with E-state index in [1.54, 1.807) is 30.3 Å². The lowest BCUT2D eigenvalue weighted by atomic mass is 9.94. The molecule has 0 spiro atoms. The van der Waals surface area contributed by atoms with Crippen molar-refractivity contribution in [3.63, 3.8) is 0 Å². The van der Waals surface area contributed by atoms with Crippen molar-refractivity contribution in [2.45, 2.75) is 12.5 Å². The Hall–Kier alpha value is -3.39. The summed E-state index contributed by atoms with van der Waals surface area (Å²) in [5.74, 6) is -0.575. The minimum atomic E-state index is -0.805. The molecule has 2 aromatic rings. The van der Waals surface area contributed by atoms with Gasteiger partial charge in [0.25, 0.3) is 11.7 Å². The number of aromatic nitrogens is 1. The van der Waals surface area contributed by atoms with Crippen LogP contribution in [0.15, 0.2) is 48.3 Å². The third kappa shape index (κ3) is 4.54. The number of carbonyl (C=O) groups is 2. The number of nitrogens with zero attached hydrogens (tertiary/aromatic N) is 3. The van der Waals surface area contributed by atoms with Gasteiger partial charge in [-0.3, -0.25) is 14.6 Å². The fourth-order valence-electron chi connectivity index (χ4n) is 3.71. The van der Waals surface area contributed by atoms with Gasteiger partial charge in [0.15, 0.2) is 0 Å². The number of amides is 1. The lowest BCUT2D eigenvalue weighted by Gasteiger charge is -2.27. The lowest BCUT2D eigenvalue weighted by Crippen LogP contribution is -2.32. The molecule has 8 heteroatoms. The quantitative estimate of drug-likeness (QED) is 0.395. The zero-order valence-electron chi connectivity index (χ0n) is 18.2. The van der Waals surface area contributed by atoms with Gasteiger partial charge in [0, 0.05) is 30.1 Å². The Kier molecular flexibility index (Phi) is 6.91. The molecule has 1 fully saturated rings. The number of aliphatic hydroxyl groups excluding tert-OH is 1. The lowest BCUT2D eigenvalue weighted by molar-refractivity contribution is -0.140. The van der Waals surface area contributed by atoms with Gasteiger partial charge in [-0.05, 0) is 57.4 Å². The molecule has 0 aliphatic carbocycles. The smallest absolute Gasteiger partial charge is 0.295 e. The van der Waals surface area contributed by atoms with Crippen molar-refractivity contribution in [2.75, 3.05) is 41.4 Å². The van der Waals surface area contributed by atoms with E-state index in [-0.39, 0.29) is 11.3 Å². The molecule has 31 heavy (non-hydrogen) atoms. The van der Waals surface area contributed by atoms with Crippen LogP contribution in [0.3, 0.4) is 0 Å². The Morgan fingerprint density at radius 3 is 2.45 bits per heavy atom. The molecule has 0 bridgehead atoms. The van der Waals surface area contributed by atoms with Gasteiger partial charge in [-0.1, -0.05) is 0 Å². The predicted molar refractivity (Wildman–Crippen MR) is 116 cm³/mol. The van der Waals surface area contributed by atoms with Crippen LogP contribution in [0.5, 0.6) is 11.5 Å². The Morgan fingerprint density at radius 1 is 1.13 bits per heavy atom. The number of hydrogen-bond acceptors (Lipinski definition) is 7. The number of hydrogen-bond donors (Lipinski definition) is 1. The topological polar surface area (TPSA) is 92.2 Å². The summed E-state index contributed by atoms with van der Waals surface area (Å²) in [4.78, 5) is 33.5. The Morgan fingerprint density at radius 2 is 1.84 bits per heavy atom. The van der Waals surface area contributed by atoms with Gasteiger partial charge in [0.2, 0.25) is 0 Å². The van der Waals surface area contributed by atoms with Crippen LogP contribution in [0.2, 0.25) is 0 Å². The number of pyridine rings is 1. The molecule has 1 aromatic carbocycles. The molecule has 1 N–H and O–H groups in total. The maximum absolute atomic E-state index is 13.1. The molecule has 1 saturated heterocycles. The van der Waals surface area contributed by atoms with E-state index in [1.165, 1.54) is 31.5 Å². The summed E-state index contributed by atoms with van der Waals surface area (Å²) in [6, 6.07) is 7.57. The van der Waals surface area contributed by atoms with Crippen molar-refractivity contribution in [1.29, 1.82) is 0 Å². The highest BCUT2D eigenvalue weighted by molar-refractivity contribution is 6.46. The third-order valence-corrected chi connectivity index (χ3v) is 5.23. The van der Waals surface area contributed by atoms with E-state index in [0.29, 0.717) is 35.6 Å². The van der Waals surface area contributed by atoms with Crippen LogP contribution in [-0.2, 0) is 9.59 Å². The van der Waals surface area contributed by atoms with Crippen molar-refractivity contribution in [3.05, 3.63) is 59.4 Å². The average molecular weight is 425 g/mol. The summed E-state index contributed by atoms with van der Waals surface area (Å²) in [5.41, 5.74) is 1.00. The Labute approximate surface area is 181 Å². The highest BCUT2D eigenvalue weighted by Gasteiger charge is 2.47. The SMILES string of the molecule is COc1ccc(OC)c([C@@H]2/C(=C(\O)c3ccncc3)C(=O)C(=O)N2CCCN(C)C)c1. The zero-order chi connectivity index (χ0) is 22.5. The van der Waals surface area contributed by atoms with Gasteiger partial charge in [-0.15, -0.1) is 0 Å². The van der Waals surface area contributed by atoms with Crippen molar-refractivity contribution in [1.82, 2.24) is 14.8 Å². The van der Waals surface area contributed by atoms with E-state index in [1.807, 2.05) is 19.0 Å². The first-order valence-electron chi connectivity index (χ1n) is 9.94. The molecule has 1 aliphatic rings. The number of rotatable bonds is 8. The van der Waals surface area contributed by atoms with E-state index in [9.17, 15) is 14.7 Å². The van der Waals surface area contributed by atoms with Gasteiger partial charge in [-0.2, -0.15) is 0 Å². The van der Waals surface area contributed by atoms with E-state index >= 15 is 0 Å². The van der Waals surface area contributed by atoms with Gasteiger partial charge in [0.05, 0.1) is 25.8 Å². The fourth-order valence-corrected chi connectivity index (χ4v) is 3.71. The number of ketones is 1. The Bertz CT molecular complexity index is 988. The van der Waals surface area contributed by atoms with Gasteiger partial charge >= 0.3 is 0 Å². The maximum atomic E-state index is 13.1. The van der Waals surface area contributed by atoms with Crippen LogP contribution >= 0.6 is 0 Å². The van der Waals surface area contributed by atoms with E-state index < -0.39 is 17.7 Å². The standard InChI is InChI=1S/C23H27N3O5/c1-25(2)12-5-13-26-20(17-14-16(30-3)6-7-18(17)31-4)19(22(28)23(26)29)21(27)15-8-10-24-11-9-15/h6-11,14,20,27H,5,12-13H2,1-4H3/b21-19+/t20-/m1/s1. The molecule has 2 heterocycles. The van der Waals surface area contributed by atoms with Crippen LogP contribution in [0.4, 0.5) is 0 Å². The van der Waals surface area contributed by atoms with Gasteiger partial charge in [0.1, 0.15) is 17.3 Å². The summed E-state index contributed by atoms with van der Waals surface area (Å²) in [5, 5.41) is 11.0. The summed E-state index contributed by atoms with van der Waals surface area (Å²) in [6.07, 6.45) is 3.70. The van der Waals surface area contributed by atoms with Crippen molar-refractivity contribution in [3.8, 4) is 11.5 Å². The summed E-state index contributed by atoms with van der Waals surface area (Å²) >= 11 is 0. The number of methoxy groups -OCH3 is 2. The highest BCUT2D eigenvalue weighted by Crippen LogP contribution is 2.43. The molecule has 0 radical (unpaired) electrons. The first-order valence-corrected chi connectivity index (χ1v) is 9.94. The predicted octanol–water partition coefficient (Wildman–Crippen LogP) is 2.47. The average Bonchev–Trinajstić information content (AvgIpc) is 3.03. The zero-order valence-corrected chi connectivity index (χ0v) is 18.2. The minimum absolute atomic E-state index is 0.0209. The molecule has 1 atom stereocenters. The molecule has 8 nitrogen and oxygen atoms in total. The first kappa shape index (κ1) is 22.3. The molecule has 3 rings (SSSR count). The molecular weight excluding hydrogens is 398 g/mol. The molecule has 1 amide bonds. The van der Waals surface area contributed by atoms with Crippen molar-refractivity contribution >= 4 is 17.4 Å². The normalized spacial score (nSPS) is 18.0. The van der Waals surface area contributed by atoms with E-state index in [0.717, 1.165) is 6.54 Å². The van der Waals surface area contributed by atoms with Crippen molar-refractivity contribution < 1.29 is 24.2 Å². The van der Waals surface area contributed by atoms with Crippen LogP contribution < -0.4 is 9.47 Å². The van der Waals surface area contributed by atoms with Crippen molar-refractivity contribution in [2.24, 2.45) is 0 Å². The number of carbonyl (C=O) groups excluding carboxylic acids is 2. The minimum Gasteiger partial charge on any atom is -0.507 e. The van der Waals surface area contributed by atoms with Crippen LogP contribution in [0.25, 0.3) is 5.76 Å². The number of ether oxygens (including phenoxy) is 2. The molecule has 0 saturated carbocycles. The second-order valence-electron chi connectivity index (χ2n) is 7.49. The maximum Gasteiger partial charge on any atom is 0.295 e. The summed E-state index contributed by atoms with van der Waals surface area (Å²) < 4.78 is 10.9. The molecular formula is C23H27N3O5. The van der Waals surface area contributed by atoms with Crippen LogP contribution in [0.1, 0.15) is 23.6 Å². The largest absolute Gasteiger partial charge is 0.507 e. The fraction of sp³-hybridized carbons (Fsp3) is 0.348. The second kappa shape index (κ2) is 9.61.